The Hall–Kier alpha value is -2.89. The number of carbonyl (C=O) groups excluding carboxylic acids is 1. The second-order valence-electron chi connectivity index (χ2n) is 5.52. The molecule has 0 saturated carbocycles. The van der Waals surface area contributed by atoms with Crippen LogP contribution in [-0.2, 0) is 13.0 Å². The molecule has 24 heavy (non-hydrogen) atoms. The van der Waals surface area contributed by atoms with Gasteiger partial charge in [-0.3, -0.25) is 4.79 Å². The van der Waals surface area contributed by atoms with Crippen LogP contribution < -0.4 is 0 Å². The lowest BCUT2D eigenvalue weighted by atomic mass is 10.1. The Morgan fingerprint density at radius 3 is 2.67 bits per heavy atom. The number of ketones is 1. The number of tetrazole rings is 1. The summed E-state index contributed by atoms with van der Waals surface area (Å²) in [6.45, 7) is 2.11. The minimum Gasteiger partial charge on any atom is -0.292 e. The number of benzene rings is 2. The average molecular weight is 324 g/mol. The van der Waals surface area contributed by atoms with Crippen LogP contribution in [0.15, 0.2) is 48.5 Å². The summed E-state index contributed by atoms with van der Waals surface area (Å²) in [7, 11) is 0. The van der Waals surface area contributed by atoms with Crippen LogP contribution in [-0.4, -0.2) is 26.0 Å². The number of hydrogen-bond acceptors (Lipinski definition) is 4. The van der Waals surface area contributed by atoms with E-state index in [-0.39, 0.29) is 18.1 Å². The molecule has 1 aromatic heterocycles. The van der Waals surface area contributed by atoms with Crippen LogP contribution in [0.1, 0.15) is 29.3 Å². The minimum absolute atomic E-state index is 0.00452. The fourth-order valence-electron chi connectivity index (χ4n) is 2.42. The maximum Gasteiger partial charge on any atom is 0.205 e. The minimum atomic E-state index is -0.368. The Bertz CT molecular complexity index is 842. The summed E-state index contributed by atoms with van der Waals surface area (Å²) >= 11 is 0. The highest BCUT2D eigenvalue weighted by atomic mass is 19.1. The molecule has 5 nitrogen and oxygen atoms in total. The van der Waals surface area contributed by atoms with Crippen molar-refractivity contribution in [2.45, 2.75) is 26.3 Å². The zero-order valence-corrected chi connectivity index (χ0v) is 13.3. The molecular weight excluding hydrogens is 307 g/mol. The zero-order valence-electron chi connectivity index (χ0n) is 13.3. The van der Waals surface area contributed by atoms with Crippen molar-refractivity contribution in [3.63, 3.8) is 0 Å². The molecule has 3 rings (SSSR count). The summed E-state index contributed by atoms with van der Waals surface area (Å²) in [4.78, 5) is 13.5. The van der Waals surface area contributed by atoms with Crippen molar-refractivity contribution in [1.82, 2.24) is 20.2 Å². The van der Waals surface area contributed by atoms with Gasteiger partial charge in [-0.15, -0.1) is 10.2 Å². The van der Waals surface area contributed by atoms with Gasteiger partial charge in [-0.2, -0.15) is 4.80 Å². The highest BCUT2D eigenvalue weighted by Gasteiger charge is 2.11. The molecule has 0 aliphatic heterocycles. The van der Waals surface area contributed by atoms with Crippen molar-refractivity contribution in [1.29, 1.82) is 0 Å². The van der Waals surface area contributed by atoms with E-state index >= 15 is 0 Å². The van der Waals surface area contributed by atoms with Gasteiger partial charge in [0.15, 0.2) is 5.78 Å². The zero-order chi connectivity index (χ0) is 16.9. The Balaban J connectivity index is 1.71. The number of rotatable bonds is 6. The summed E-state index contributed by atoms with van der Waals surface area (Å²) in [5, 5.41) is 11.9. The topological polar surface area (TPSA) is 60.7 Å². The lowest BCUT2D eigenvalue weighted by molar-refractivity contribution is 0.0961. The molecule has 0 aliphatic carbocycles. The van der Waals surface area contributed by atoms with Gasteiger partial charge in [-0.25, -0.2) is 4.39 Å². The largest absolute Gasteiger partial charge is 0.292 e. The highest BCUT2D eigenvalue weighted by molar-refractivity contribution is 5.95. The lowest BCUT2D eigenvalue weighted by Crippen LogP contribution is -2.13. The number of nitrogens with zero attached hydrogens (tertiary/aromatic N) is 4. The smallest absolute Gasteiger partial charge is 0.205 e. The maximum absolute atomic E-state index is 13.2. The standard InChI is InChI=1S/C18H17FN4O/c1-2-4-13-7-9-14(10-8-13)17(24)12-23-21-18(20-22-23)15-5-3-6-16(19)11-15/h3,5-11H,2,4,12H2,1H3. The molecule has 0 aliphatic rings. The molecule has 0 unspecified atom stereocenters. The first-order valence-electron chi connectivity index (χ1n) is 7.81. The maximum atomic E-state index is 13.2. The predicted molar refractivity (Wildman–Crippen MR) is 88.0 cm³/mol. The number of hydrogen-bond donors (Lipinski definition) is 0. The van der Waals surface area contributed by atoms with Crippen LogP contribution in [0, 0.1) is 5.82 Å². The third-order valence-corrected chi connectivity index (χ3v) is 3.64. The molecule has 2 aromatic carbocycles. The second kappa shape index (κ2) is 7.12. The molecular formula is C18H17FN4O. The summed E-state index contributed by atoms with van der Waals surface area (Å²) in [5.41, 5.74) is 2.35. The van der Waals surface area contributed by atoms with Crippen LogP contribution in [0.25, 0.3) is 11.4 Å². The summed E-state index contributed by atoms with van der Waals surface area (Å²) in [5.74, 6) is -0.172. The van der Waals surface area contributed by atoms with Gasteiger partial charge < -0.3 is 0 Å². The molecule has 6 heteroatoms. The van der Waals surface area contributed by atoms with E-state index in [0.29, 0.717) is 17.0 Å². The van der Waals surface area contributed by atoms with E-state index in [1.807, 2.05) is 24.3 Å². The number of halogens is 1. The Morgan fingerprint density at radius 2 is 1.96 bits per heavy atom. The van der Waals surface area contributed by atoms with Crippen molar-refractivity contribution in [3.05, 3.63) is 65.5 Å². The predicted octanol–water partition coefficient (Wildman–Crippen LogP) is 3.31. The van der Waals surface area contributed by atoms with Crippen molar-refractivity contribution in [2.75, 3.05) is 0 Å². The quantitative estimate of drug-likeness (QED) is 0.653. The Labute approximate surface area is 139 Å². The first-order valence-corrected chi connectivity index (χ1v) is 7.81. The van der Waals surface area contributed by atoms with E-state index in [2.05, 4.69) is 22.3 Å². The number of aromatic nitrogens is 4. The van der Waals surface area contributed by atoms with Crippen molar-refractivity contribution in [3.8, 4) is 11.4 Å². The Morgan fingerprint density at radius 1 is 1.17 bits per heavy atom. The van der Waals surface area contributed by atoms with E-state index in [4.69, 9.17) is 0 Å². The van der Waals surface area contributed by atoms with Gasteiger partial charge in [-0.1, -0.05) is 49.7 Å². The molecule has 0 spiro atoms. The van der Waals surface area contributed by atoms with E-state index in [0.717, 1.165) is 12.8 Å². The van der Waals surface area contributed by atoms with E-state index in [1.54, 1.807) is 12.1 Å². The molecule has 0 atom stereocenters. The summed E-state index contributed by atoms with van der Waals surface area (Å²) < 4.78 is 13.2. The monoisotopic (exact) mass is 324 g/mol. The molecule has 0 fully saturated rings. The molecule has 0 radical (unpaired) electrons. The van der Waals surface area contributed by atoms with Crippen LogP contribution in [0.5, 0.6) is 0 Å². The van der Waals surface area contributed by atoms with Crippen molar-refractivity contribution < 1.29 is 9.18 Å². The van der Waals surface area contributed by atoms with Gasteiger partial charge in [-0.05, 0) is 29.3 Å². The van der Waals surface area contributed by atoms with Gasteiger partial charge in [0.05, 0.1) is 0 Å². The number of carbonyl (C=O) groups is 1. The molecule has 0 saturated heterocycles. The van der Waals surface area contributed by atoms with Gasteiger partial charge in [0, 0.05) is 11.1 Å². The first-order chi connectivity index (χ1) is 11.7. The van der Waals surface area contributed by atoms with Crippen LogP contribution in [0.2, 0.25) is 0 Å². The van der Waals surface area contributed by atoms with Crippen LogP contribution in [0.3, 0.4) is 0 Å². The molecule has 0 N–H and O–H groups in total. The fourth-order valence-corrected chi connectivity index (χ4v) is 2.42. The molecule has 122 valence electrons. The van der Waals surface area contributed by atoms with Crippen LogP contribution >= 0.6 is 0 Å². The highest BCUT2D eigenvalue weighted by Crippen LogP contribution is 2.14. The normalized spacial score (nSPS) is 10.8. The molecule has 3 aromatic rings. The van der Waals surface area contributed by atoms with Gasteiger partial charge in [0.1, 0.15) is 12.4 Å². The Kier molecular flexibility index (Phi) is 4.74. The van der Waals surface area contributed by atoms with Crippen molar-refractivity contribution >= 4 is 5.78 Å². The number of Topliss-reactive ketones (excluding diaryl/α,β-unsaturated/α-hetero) is 1. The fraction of sp³-hybridized carbons (Fsp3) is 0.222. The number of aryl methyl sites for hydroxylation is 1. The van der Waals surface area contributed by atoms with Gasteiger partial charge in [0.25, 0.3) is 0 Å². The third kappa shape index (κ3) is 3.71. The van der Waals surface area contributed by atoms with Gasteiger partial charge >= 0.3 is 0 Å². The lowest BCUT2D eigenvalue weighted by Gasteiger charge is -2.02. The molecule has 1 heterocycles. The summed E-state index contributed by atoms with van der Waals surface area (Å²) in [6, 6.07) is 13.5. The SMILES string of the molecule is CCCc1ccc(C(=O)Cn2nnc(-c3cccc(F)c3)n2)cc1. The summed E-state index contributed by atoms with van der Waals surface area (Å²) in [6.07, 6.45) is 2.06. The first kappa shape index (κ1) is 16.0. The molecule has 0 amide bonds. The van der Waals surface area contributed by atoms with E-state index in [9.17, 15) is 9.18 Å². The van der Waals surface area contributed by atoms with Crippen molar-refractivity contribution in [2.24, 2.45) is 0 Å². The third-order valence-electron chi connectivity index (χ3n) is 3.64. The average Bonchev–Trinajstić information content (AvgIpc) is 3.04. The van der Waals surface area contributed by atoms with Crippen LogP contribution in [0.4, 0.5) is 4.39 Å². The van der Waals surface area contributed by atoms with E-state index in [1.165, 1.54) is 22.5 Å². The van der Waals surface area contributed by atoms with E-state index < -0.39 is 0 Å². The molecule has 0 bridgehead atoms. The second-order valence-corrected chi connectivity index (χ2v) is 5.52. The van der Waals surface area contributed by atoms with Gasteiger partial charge in [0.2, 0.25) is 5.82 Å².